The van der Waals surface area contributed by atoms with Crippen LogP contribution in [-0.4, -0.2) is 52.3 Å². The van der Waals surface area contributed by atoms with Crippen molar-refractivity contribution >= 4 is 23.4 Å². The standard InChI is InChI=1S/C8H11ClF3N5O2/c9-5-6(13)15-7(17-16-5)14-1-4(18)2-19-3-8(10,11)12/h4,18H,1-3H2,(H3,13,14,15,17)/t4-/m0/s1. The van der Waals surface area contributed by atoms with Crippen molar-refractivity contribution in [1.29, 1.82) is 0 Å². The SMILES string of the molecule is Nc1nc(NC[C@H](O)COCC(F)(F)F)nnc1Cl. The number of anilines is 2. The maximum absolute atomic E-state index is 11.8. The molecule has 0 aliphatic rings. The van der Waals surface area contributed by atoms with E-state index >= 15 is 0 Å². The predicted molar refractivity (Wildman–Crippen MR) is 60.6 cm³/mol. The van der Waals surface area contributed by atoms with E-state index < -0.39 is 25.5 Å². The number of aliphatic hydroxyl groups is 1. The molecule has 11 heteroatoms. The Morgan fingerprint density at radius 1 is 1.42 bits per heavy atom. The Labute approximate surface area is 110 Å². The van der Waals surface area contributed by atoms with Crippen molar-refractivity contribution in [1.82, 2.24) is 15.2 Å². The molecular weight excluding hydrogens is 291 g/mol. The Bertz CT molecular complexity index is 420. The summed E-state index contributed by atoms with van der Waals surface area (Å²) < 4.78 is 39.6. The summed E-state index contributed by atoms with van der Waals surface area (Å²) in [7, 11) is 0. The van der Waals surface area contributed by atoms with Crippen LogP contribution in [0.2, 0.25) is 5.15 Å². The van der Waals surface area contributed by atoms with E-state index in [2.05, 4.69) is 25.2 Å². The van der Waals surface area contributed by atoms with Gasteiger partial charge in [0, 0.05) is 6.54 Å². The number of hydrogen-bond donors (Lipinski definition) is 3. The van der Waals surface area contributed by atoms with Gasteiger partial charge in [0.2, 0.25) is 5.95 Å². The van der Waals surface area contributed by atoms with E-state index in [0.717, 1.165) is 0 Å². The van der Waals surface area contributed by atoms with E-state index in [1.807, 2.05) is 0 Å². The van der Waals surface area contributed by atoms with Crippen LogP contribution in [0.4, 0.5) is 24.9 Å². The van der Waals surface area contributed by atoms with Crippen molar-refractivity contribution in [3.8, 4) is 0 Å². The number of nitrogens with zero attached hydrogens (tertiary/aromatic N) is 3. The number of hydrogen-bond acceptors (Lipinski definition) is 7. The summed E-state index contributed by atoms with van der Waals surface area (Å²) in [5.74, 6) is -0.0567. The molecule has 1 heterocycles. The van der Waals surface area contributed by atoms with Crippen molar-refractivity contribution in [3.63, 3.8) is 0 Å². The molecular formula is C8H11ClF3N5O2. The van der Waals surface area contributed by atoms with Crippen molar-refractivity contribution in [2.45, 2.75) is 12.3 Å². The van der Waals surface area contributed by atoms with Gasteiger partial charge in [-0.25, -0.2) is 0 Å². The van der Waals surface area contributed by atoms with Gasteiger partial charge in [0.05, 0.1) is 12.7 Å². The number of aromatic nitrogens is 3. The Balaban J connectivity index is 2.29. The van der Waals surface area contributed by atoms with Crippen LogP contribution in [0.15, 0.2) is 0 Å². The van der Waals surface area contributed by atoms with Gasteiger partial charge in [-0.3, -0.25) is 0 Å². The lowest BCUT2D eigenvalue weighted by Crippen LogP contribution is -2.28. The molecule has 1 aromatic heterocycles. The fourth-order valence-electron chi connectivity index (χ4n) is 0.979. The third-order valence-electron chi connectivity index (χ3n) is 1.74. The van der Waals surface area contributed by atoms with Crippen LogP contribution >= 0.6 is 11.6 Å². The lowest BCUT2D eigenvalue weighted by molar-refractivity contribution is -0.178. The molecule has 4 N–H and O–H groups in total. The minimum absolute atomic E-state index is 0.00299. The lowest BCUT2D eigenvalue weighted by atomic mass is 10.4. The number of halogens is 4. The van der Waals surface area contributed by atoms with Gasteiger partial charge >= 0.3 is 6.18 Å². The number of nitrogens with two attached hydrogens (primary N) is 1. The molecule has 0 bridgehead atoms. The van der Waals surface area contributed by atoms with E-state index in [0.29, 0.717) is 0 Å². The van der Waals surface area contributed by atoms with Gasteiger partial charge in [-0.15, -0.1) is 10.2 Å². The maximum Gasteiger partial charge on any atom is 0.411 e. The number of nitrogen functional groups attached to an aromatic ring is 1. The molecule has 0 aliphatic carbocycles. The first kappa shape index (κ1) is 15.7. The van der Waals surface area contributed by atoms with Gasteiger partial charge in [-0.2, -0.15) is 18.2 Å². The molecule has 0 fully saturated rings. The van der Waals surface area contributed by atoms with Gasteiger partial charge in [-0.1, -0.05) is 11.6 Å². The predicted octanol–water partition coefficient (Wildman–Crippen LogP) is 0.459. The van der Waals surface area contributed by atoms with Gasteiger partial charge in [0.25, 0.3) is 0 Å². The number of aliphatic hydroxyl groups excluding tert-OH is 1. The first-order valence-electron chi connectivity index (χ1n) is 5.00. The Morgan fingerprint density at radius 3 is 2.68 bits per heavy atom. The fraction of sp³-hybridized carbons (Fsp3) is 0.625. The second kappa shape index (κ2) is 6.68. The van der Waals surface area contributed by atoms with E-state index in [1.165, 1.54) is 0 Å². The van der Waals surface area contributed by atoms with Crippen molar-refractivity contribution < 1.29 is 23.0 Å². The number of nitrogens with one attached hydrogen (secondary N) is 1. The van der Waals surface area contributed by atoms with Crippen LogP contribution in [0, 0.1) is 0 Å². The highest BCUT2D eigenvalue weighted by Crippen LogP contribution is 2.14. The highest BCUT2D eigenvalue weighted by atomic mass is 35.5. The van der Waals surface area contributed by atoms with Crippen LogP contribution in [0.1, 0.15) is 0 Å². The fourth-order valence-corrected chi connectivity index (χ4v) is 1.06. The van der Waals surface area contributed by atoms with Crippen LogP contribution in [-0.2, 0) is 4.74 Å². The average molecular weight is 302 g/mol. The molecule has 1 atom stereocenters. The van der Waals surface area contributed by atoms with Gasteiger partial charge < -0.3 is 20.9 Å². The largest absolute Gasteiger partial charge is 0.411 e. The lowest BCUT2D eigenvalue weighted by Gasteiger charge is -2.13. The molecule has 0 amide bonds. The van der Waals surface area contributed by atoms with Crippen LogP contribution < -0.4 is 11.1 Å². The minimum atomic E-state index is -4.43. The van der Waals surface area contributed by atoms with Crippen molar-refractivity contribution in [2.24, 2.45) is 0 Å². The van der Waals surface area contributed by atoms with E-state index in [9.17, 15) is 18.3 Å². The summed E-state index contributed by atoms with van der Waals surface area (Å²) in [6.45, 7) is -2.03. The van der Waals surface area contributed by atoms with E-state index in [-0.39, 0.29) is 23.5 Å². The van der Waals surface area contributed by atoms with Gasteiger partial charge in [-0.05, 0) is 0 Å². The second-order valence-electron chi connectivity index (χ2n) is 3.48. The molecule has 108 valence electrons. The molecule has 0 spiro atoms. The summed E-state index contributed by atoms with van der Waals surface area (Å²) in [5.41, 5.74) is 5.36. The summed E-state index contributed by atoms with van der Waals surface area (Å²) in [5, 5.41) is 18.8. The van der Waals surface area contributed by atoms with E-state index in [4.69, 9.17) is 17.3 Å². The van der Waals surface area contributed by atoms with Gasteiger partial charge in [0.1, 0.15) is 6.61 Å². The zero-order valence-corrected chi connectivity index (χ0v) is 10.2. The smallest absolute Gasteiger partial charge is 0.389 e. The molecule has 0 aliphatic heterocycles. The normalized spacial score (nSPS) is 13.3. The summed E-state index contributed by atoms with van der Waals surface area (Å²) in [4.78, 5) is 3.69. The Hall–Kier alpha value is -1.39. The zero-order chi connectivity index (χ0) is 14.5. The molecule has 0 saturated carbocycles. The molecule has 1 aromatic rings. The summed E-state index contributed by atoms with van der Waals surface area (Å²) >= 11 is 5.49. The molecule has 0 aromatic carbocycles. The van der Waals surface area contributed by atoms with Crippen LogP contribution in [0.5, 0.6) is 0 Å². The zero-order valence-electron chi connectivity index (χ0n) is 9.48. The Kier molecular flexibility index (Phi) is 5.51. The topological polar surface area (TPSA) is 106 Å². The Morgan fingerprint density at radius 2 is 2.11 bits per heavy atom. The average Bonchev–Trinajstić information content (AvgIpc) is 2.29. The van der Waals surface area contributed by atoms with Crippen LogP contribution in [0.3, 0.4) is 0 Å². The third kappa shape index (κ3) is 6.36. The molecule has 7 nitrogen and oxygen atoms in total. The second-order valence-corrected chi connectivity index (χ2v) is 3.83. The summed E-state index contributed by atoms with van der Waals surface area (Å²) in [6, 6.07) is 0. The minimum Gasteiger partial charge on any atom is -0.389 e. The third-order valence-corrected chi connectivity index (χ3v) is 2.01. The molecule has 19 heavy (non-hydrogen) atoms. The molecule has 0 unspecified atom stereocenters. The molecule has 1 rings (SSSR count). The molecule has 0 radical (unpaired) electrons. The molecule has 0 saturated heterocycles. The highest BCUT2D eigenvalue weighted by Gasteiger charge is 2.27. The summed E-state index contributed by atoms with van der Waals surface area (Å²) in [6.07, 6.45) is -5.59. The highest BCUT2D eigenvalue weighted by molar-refractivity contribution is 6.31. The first-order chi connectivity index (χ1) is 8.78. The quantitative estimate of drug-likeness (QED) is 0.700. The number of rotatable bonds is 6. The number of ether oxygens (including phenoxy) is 1. The van der Waals surface area contributed by atoms with Crippen LogP contribution in [0.25, 0.3) is 0 Å². The monoisotopic (exact) mass is 301 g/mol. The number of alkyl halides is 3. The first-order valence-corrected chi connectivity index (χ1v) is 5.38. The van der Waals surface area contributed by atoms with Crippen molar-refractivity contribution in [2.75, 3.05) is 30.8 Å². The maximum atomic E-state index is 11.8. The van der Waals surface area contributed by atoms with Gasteiger partial charge in [0.15, 0.2) is 11.0 Å². The van der Waals surface area contributed by atoms with Crippen molar-refractivity contribution in [3.05, 3.63) is 5.15 Å². The van der Waals surface area contributed by atoms with E-state index in [1.54, 1.807) is 0 Å².